The minimum absolute atomic E-state index is 0.301. The van der Waals surface area contributed by atoms with Gasteiger partial charge in [0.2, 0.25) is 0 Å². The van der Waals surface area contributed by atoms with Gasteiger partial charge in [-0.15, -0.1) is 0 Å². The Bertz CT molecular complexity index is 1350. The standard InChI is InChI=1S/C30H28N2O4/c1-21-15-16-24(19-22(21)2)31-30(34)27-13-6-7-14-28(27)32-29(33)23-9-8-12-26(20-23)36-18-17-35-25-10-4-3-5-11-25/h3-16,19-20H,17-18H2,1-2H3,(H,31,34)(H,32,33). The molecule has 0 saturated heterocycles. The minimum Gasteiger partial charge on any atom is -0.490 e. The second kappa shape index (κ2) is 11.7. The topological polar surface area (TPSA) is 76.7 Å². The molecule has 4 aromatic carbocycles. The molecule has 2 N–H and O–H groups in total. The molecule has 6 heteroatoms. The predicted molar refractivity (Wildman–Crippen MR) is 142 cm³/mol. The van der Waals surface area contributed by atoms with Gasteiger partial charge in [0.25, 0.3) is 11.8 Å². The average Bonchev–Trinajstić information content (AvgIpc) is 2.90. The normalized spacial score (nSPS) is 10.4. The fraction of sp³-hybridized carbons (Fsp3) is 0.133. The average molecular weight is 481 g/mol. The number of ether oxygens (including phenoxy) is 2. The molecule has 0 bridgehead atoms. The van der Waals surface area contributed by atoms with Crippen molar-refractivity contribution >= 4 is 23.2 Å². The maximum absolute atomic E-state index is 13.0. The number of rotatable bonds is 9. The van der Waals surface area contributed by atoms with E-state index in [1.807, 2.05) is 62.4 Å². The molecule has 2 amide bonds. The first-order valence-electron chi connectivity index (χ1n) is 11.7. The van der Waals surface area contributed by atoms with Crippen LogP contribution in [-0.2, 0) is 0 Å². The summed E-state index contributed by atoms with van der Waals surface area (Å²) in [5, 5.41) is 5.76. The number of carbonyl (C=O) groups excluding carboxylic acids is 2. The van der Waals surface area contributed by atoms with Crippen LogP contribution < -0.4 is 20.1 Å². The largest absolute Gasteiger partial charge is 0.490 e. The fourth-order valence-corrected chi connectivity index (χ4v) is 3.57. The molecule has 0 aliphatic heterocycles. The highest BCUT2D eigenvalue weighted by Crippen LogP contribution is 2.21. The molecule has 4 aromatic rings. The number of carbonyl (C=O) groups is 2. The van der Waals surface area contributed by atoms with Gasteiger partial charge < -0.3 is 20.1 Å². The van der Waals surface area contributed by atoms with E-state index in [4.69, 9.17) is 9.47 Å². The molecule has 36 heavy (non-hydrogen) atoms. The lowest BCUT2D eigenvalue weighted by molar-refractivity contribution is 0.102. The van der Waals surface area contributed by atoms with Gasteiger partial charge in [0.1, 0.15) is 24.7 Å². The zero-order chi connectivity index (χ0) is 25.3. The van der Waals surface area contributed by atoms with Gasteiger partial charge in [0.05, 0.1) is 11.3 Å². The van der Waals surface area contributed by atoms with Crippen LogP contribution in [0.1, 0.15) is 31.8 Å². The Balaban J connectivity index is 1.38. The molecule has 0 saturated carbocycles. The summed E-state index contributed by atoms with van der Waals surface area (Å²) in [6.45, 7) is 4.72. The van der Waals surface area contributed by atoms with E-state index in [-0.39, 0.29) is 11.8 Å². The van der Waals surface area contributed by atoms with Crippen LogP contribution in [0, 0.1) is 13.8 Å². The van der Waals surface area contributed by atoms with Gasteiger partial charge >= 0.3 is 0 Å². The zero-order valence-corrected chi connectivity index (χ0v) is 20.3. The molecule has 0 radical (unpaired) electrons. The van der Waals surface area contributed by atoms with Crippen LogP contribution >= 0.6 is 0 Å². The van der Waals surface area contributed by atoms with Crippen molar-refractivity contribution in [2.24, 2.45) is 0 Å². The Labute approximate surface area is 210 Å². The molecular formula is C30H28N2O4. The number of amides is 2. The van der Waals surface area contributed by atoms with Crippen molar-refractivity contribution in [3.8, 4) is 11.5 Å². The second-order valence-electron chi connectivity index (χ2n) is 8.29. The van der Waals surface area contributed by atoms with Crippen molar-refractivity contribution in [1.82, 2.24) is 0 Å². The van der Waals surface area contributed by atoms with Crippen molar-refractivity contribution in [1.29, 1.82) is 0 Å². The second-order valence-corrected chi connectivity index (χ2v) is 8.29. The maximum Gasteiger partial charge on any atom is 0.257 e. The highest BCUT2D eigenvalue weighted by Gasteiger charge is 2.15. The summed E-state index contributed by atoms with van der Waals surface area (Å²) in [5.74, 6) is 0.687. The van der Waals surface area contributed by atoms with E-state index < -0.39 is 0 Å². The van der Waals surface area contributed by atoms with Crippen LogP contribution in [0.3, 0.4) is 0 Å². The third-order valence-corrected chi connectivity index (χ3v) is 5.64. The molecule has 0 aliphatic rings. The van der Waals surface area contributed by atoms with Crippen LogP contribution in [0.15, 0.2) is 97.1 Å². The minimum atomic E-state index is -0.340. The monoisotopic (exact) mass is 480 g/mol. The number of nitrogens with one attached hydrogen (secondary N) is 2. The van der Waals surface area contributed by atoms with E-state index >= 15 is 0 Å². The third kappa shape index (κ3) is 6.51. The van der Waals surface area contributed by atoms with E-state index in [1.165, 1.54) is 0 Å². The quantitative estimate of drug-likeness (QED) is 0.277. The van der Waals surface area contributed by atoms with E-state index in [9.17, 15) is 9.59 Å². The lowest BCUT2D eigenvalue weighted by atomic mass is 10.1. The van der Waals surface area contributed by atoms with E-state index in [1.54, 1.807) is 48.5 Å². The molecule has 6 nitrogen and oxygen atoms in total. The Morgan fingerprint density at radius 2 is 1.33 bits per heavy atom. The third-order valence-electron chi connectivity index (χ3n) is 5.64. The number of hydrogen-bond acceptors (Lipinski definition) is 4. The maximum atomic E-state index is 13.0. The summed E-state index contributed by atoms with van der Waals surface area (Å²) in [5.41, 5.74) is 4.14. The zero-order valence-electron chi connectivity index (χ0n) is 20.3. The summed E-state index contributed by atoms with van der Waals surface area (Å²) in [4.78, 5) is 25.9. The number of benzene rings is 4. The highest BCUT2D eigenvalue weighted by atomic mass is 16.5. The van der Waals surface area contributed by atoms with Crippen molar-refractivity contribution in [3.05, 3.63) is 119 Å². The Morgan fingerprint density at radius 3 is 2.11 bits per heavy atom. The smallest absolute Gasteiger partial charge is 0.257 e. The molecule has 0 aliphatic carbocycles. The molecule has 0 fully saturated rings. The summed E-state index contributed by atoms with van der Waals surface area (Å²) in [6, 6.07) is 29.0. The van der Waals surface area contributed by atoms with Crippen molar-refractivity contribution in [2.45, 2.75) is 13.8 Å². The number of anilines is 2. The number of aryl methyl sites for hydroxylation is 2. The molecular weight excluding hydrogens is 452 g/mol. The molecule has 182 valence electrons. The van der Waals surface area contributed by atoms with Crippen LogP contribution in [0.5, 0.6) is 11.5 Å². The number of hydrogen-bond donors (Lipinski definition) is 2. The first-order valence-corrected chi connectivity index (χ1v) is 11.7. The van der Waals surface area contributed by atoms with Gasteiger partial charge in [-0.25, -0.2) is 0 Å². The van der Waals surface area contributed by atoms with E-state index in [2.05, 4.69) is 10.6 Å². The lowest BCUT2D eigenvalue weighted by Crippen LogP contribution is -2.18. The van der Waals surface area contributed by atoms with Crippen LogP contribution in [-0.4, -0.2) is 25.0 Å². The van der Waals surface area contributed by atoms with Crippen molar-refractivity contribution in [3.63, 3.8) is 0 Å². The van der Waals surface area contributed by atoms with Crippen molar-refractivity contribution < 1.29 is 19.1 Å². The molecule has 4 rings (SSSR count). The number of para-hydroxylation sites is 2. The first kappa shape index (κ1) is 24.5. The molecule has 0 heterocycles. The van der Waals surface area contributed by atoms with Crippen LogP contribution in [0.4, 0.5) is 11.4 Å². The van der Waals surface area contributed by atoms with Crippen LogP contribution in [0.2, 0.25) is 0 Å². The Hall–Kier alpha value is -4.58. The van der Waals surface area contributed by atoms with E-state index in [0.29, 0.717) is 41.5 Å². The first-order chi connectivity index (χ1) is 17.5. The lowest BCUT2D eigenvalue weighted by Gasteiger charge is -2.13. The summed E-state index contributed by atoms with van der Waals surface area (Å²) in [6.07, 6.45) is 0. The summed E-state index contributed by atoms with van der Waals surface area (Å²) in [7, 11) is 0. The van der Waals surface area contributed by atoms with Gasteiger partial charge in [-0.1, -0.05) is 42.5 Å². The van der Waals surface area contributed by atoms with Gasteiger partial charge in [-0.05, 0) is 79.6 Å². The molecule has 0 atom stereocenters. The van der Waals surface area contributed by atoms with Crippen molar-refractivity contribution in [2.75, 3.05) is 23.8 Å². The van der Waals surface area contributed by atoms with E-state index in [0.717, 1.165) is 16.9 Å². The fourth-order valence-electron chi connectivity index (χ4n) is 3.57. The van der Waals surface area contributed by atoms with Gasteiger partial charge in [0.15, 0.2) is 0 Å². The summed E-state index contributed by atoms with van der Waals surface area (Å²) >= 11 is 0. The molecule has 0 spiro atoms. The summed E-state index contributed by atoms with van der Waals surface area (Å²) < 4.78 is 11.4. The Morgan fingerprint density at radius 1 is 0.639 bits per heavy atom. The highest BCUT2D eigenvalue weighted by molar-refractivity contribution is 6.12. The van der Waals surface area contributed by atoms with Gasteiger partial charge in [-0.3, -0.25) is 9.59 Å². The molecule has 0 unspecified atom stereocenters. The Kier molecular flexibility index (Phi) is 7.98. The van der Waals surface area contributed by atoms with Crippen LogP contribution in [0.25, 0.3) is 0 Å². The SMILES string of the molecule is Cc1ccc(NC(=O)c2ccccc2NC(=O)c2cccc(OCCOc3ccccc3)c2)cc1C. The van der Waals surface area contributed by atoms with Gasteiger partial charge in [0, 0.05) is 11.3 Å². The van der Waals surface area contributed by atoms with Gasteiger partial charge in [-0.2, -0.15) is 0 Å². The molecule has 0 aromatic heterocycles. The predicted octanol–water partition coefficient (Wildman–Crippen LogP) is 6.27.